The SMILES string of the molecule is CCCOc1ccc(CCC(=O)NCC#N)cc1OCC. The zero-order chi connectivity index (χ0) is 15.5. The standard InChI is InChI=1S/C16H22N2O3/c1-3-11-21-14-7-5-13(12-15(14)20-4-2)6-8-16(19)18-10-9-17/h5,7,12H,3-4,6,8,10-11H2,1-2H3,(H,18,19). The lowest BCUT2D eigenvalue weighted by Gasteiger charge is -2.13. The zero-order valence-electron chi connectivity index (χ0n) is 12.6. The van der Waals surface area contributed by atoms with Crippen LogP contribution in [0.1, 0.15) is 32.3 Å². The molecule has 0 heterocycles. The average molecular weight is 290 g/mol. The van der Waals surface area contributed by atoms with Gasteiger partial charge >= 0.3 is 0 Å². The lowest BCUT2D eigenvalue weighted by molar-refractivity contribution is -0.120. The molecule has 0 bridgehead atoms. The van der Waals surface area contributed by atoms with Crippen LogP contribution in [-0.4, -0.2) is 25.7 Å². The van der Waals surface area contributed by atoms with Gasteiger partial charge in [-0.15, -0.1) is 0 Å². The van der Waals surface area contributed by atoms with Gasteiger partial charge in [-0.2, -0.15) is 5.26 Å². The Hall–Kier alpha value is -2.22. The van der Waals surface area contributed by atoms with Crippen LogP contribution in [0.25, 0.3) is 0 Å². The van der Waals surface area contributed by atoms with Crippen molar-refractivity contribution >= 4 is 5.91 Å². The summed E-state index contributed by atoms with van der Waals surface area (Å²) in [5.41, 5.74) is 1.01. The highest BCUT2D eigenvalue weighted by atomic mass is 16.5. The number of benzene rings is 1. The third kappa shape index (κ3) is 6.17. The highest BCUT2D eigenvalue weighted by molar-refractivity contribution is 5.76. The van der Waals surface area contributed by atoms with Gasteiger partial charge in [-0.05, 0) is 37.5 Å². The van der Waals surface area contributed by atoms with Crippen molar-refractivity contribution in [2.24, 2.45) is 0 Å². The van der Waals surface area contributed by atoms with Crippen molar-refractivity contribution in [3.8, 4) is 17.6 Å². The Bertz CT molecular complexity index is 495. The first kappa shape index (κ1) is 16.8. The van der Waals surface area contributed by atoms with E-state index in [0.29, 0.717) is 31.8 Å². The molecular weight excluding hydrogens is 268 g/mol. The molecule has 0 aromatic heterocycles. The second-order valence-electron chi connectivity index (χ2n) is 4.50. The molecular formula is C16H22N2O3. The molecule has 5 nitrogen and oxygen atoms in total. The van der Waals surface area contributed by atoms with Gasteiger partial charge in [0.25, 0.3) is 0 Å². The average Bonchev–Trinajstić information content (AvgIpc) is 2.50. The van der Waals surface area contributed by atoms with Gasteiger partial charge in [0.1, 0.15) is 6.54 Å². The first-order valence-corrected chi connectivity index (χ1v) is 7.23. The first-order chi connectivity index (χ1) is 10.2. The van der Waals surface area contributed by atoms with Crippen LogP contribution in [0.3, 0.4) is 0 Å². The first-order valence-electron chi connectivity index (χ1n) is 7.23. The van der Waals surface area contributed by atoms with Gasteiger partial charge in [-0.3, -0.25) is 4.79 Å². The van der Waals surface area contributed by atoms with E-state index < -0.39 is 0 Å². The fourth-order valence-electron chi connectivity index (χ4n) is 1.79. The van der Waals surface area contributed by atoms with Crippen molar-refractivity contribution in [3.05, 3.63) is 23.8 Å². The molecule has 1 N–H and O–H groups in total. The molecule has 0 fully saturated rings. The molecule has 0 atom stereocenters. The van der Waals surface area contributed by atoms with E-state index >= 15 is 0 Å². The number of amides is 1. The van der Waals surface area contributed by atoms with Crippen molar-refractivity contribution in [1.29, 1.82) is 5.26 Å². The van der Waals surface area contributed by atoms with E-state index in [4.69, 9.17) is 14.7 Å². The lowest BCUT2D eigenvalue weighted by Crippen LogP contribution is -2.23. The maximum absolute atomic E-state index is 11.5. The largest absolute Gasteiger partial charge is 0.490 e. The molecule has 0 spiro atoms. The van der Waals surface area contributed by atoms with E-state index in [2.05, 4.69) is 12.2 Å². The Morgan fingerprint density at radius 3 is 2.76 bits per heavy atom. The summed E-state index contributed by atoms with van der Waals surface area (Å²) in [6, 6.07) is 7.60. The number of nitrogens with zero attached hydrogens (tertiary/aromatic N) is 1. The fraction of sp³-hybridized carbons (Fsp3) is 0.500. The number of hydrogen-bond donors (Lipinski definition) is 1. The number of nitrogens with one attached hydrogen (secondary N) is 1. The Kier molecular flexibility index (Phi) is 7.73. The topological polar surface area (TPSA) is 71.3 Å². The zero-order valence-corrected chi connectivity index (χ0v) is 12.6. The molecule has 0 aliphatic heterocycles. The van der Waals surface area contributed by atoms with E-state index in [1.165, 1.54) is 0 Å². The second-order valence-corrected chi connectivity index (χ2v) is 4.50. The molecule has 0 radical (unpaired) electrons. The van der Waals surface area contributed by atoms with Crippen LogP contribution in [-0.2, 0) is 11.2 Å². The van der Waals surface area contributed by atoms with Crippen molar-refractivity contribution in [2.45, 2.75) is 33.1 Å². The summed E-state index contributed by atoms with van der Waals surface area (Å²) in [4.78, 5) is 11.5. The molecule has 0 aliphatic carbocycles. The van der Waals surface area contributed by atoms with Crippen LogP contribution in [0.4, 0.5) is 0 Å². The van der Waals surface area contributed by atoms with E-state index in [1.807, 2.05) is 31.2 Å². The van der Waals surface area contributed by atoms with Gasteiger partial charge in [0.2, 0.25) is 5.91 Å². The van der Waals surface area contributed by atoms with Gasteiger partial charge in [-0.1, -0.05) is 13.0 Å². The molecule has 1 aromatic carbocycles. The molecule has 5 heteroatoms. The number of aryl methyl sites for hydroxylation is 1. The second kappa shape index (κ2) is 9.65. The summed E-state index contributed by atoms with van der Waals surface area (Å²) in [5.74, 6) is 1.32. The minimum atomic E-state index is -0.124. The summed E-state index contributed by atoms with van der Waals surface area (Å²) in [7, 11) is 0. The number of carbonyl (C=O) groups excluding carboxylic acids is 1. The Morgan fingerprint density at radius 1 is 1.29 bits per heavy atom. The van der Waals surface area contributed by atoms with Crippen LogP contribution in [0.5, 0.6) is 11.5 Å². The van der Waals surface area contributed by atoms with Crippen LogP contribution in [0.2, 0.25) is 0 Å². The Labute approximate surface area is 125 Å². The molecule has 0 saturated carbocycles. The predicted molar refractivity (Wildman–Crippen MR) is 80.3 cm³/mol. The number of nitriles is 1. The smallest absolute Gasteiger partial charge is 0.221 e. The number of carbonyl (C=O) groups is 1. The Morgan fingerprint density at radius 2 is 2.10 bits per heavy atom. The quantitative estimate of drug-likeness (QED) is 0.709. The molecule has 0 unspecified atom stereocenters. The van der Waals surface area contributed by atoms with E-state index in [1.54, 1.807) is 0 Å². The van der Waals surface area contributed by atoms with Gasteiger partial charge in [0.05, 0.1) is 19.3 Å². The van der Waals surface area contributed by atoms with E-state index in [9.17, 15) is 4.79 Å². The minimum absolute atomic E-state index is 0.0484. The Balaban J connectivity index is 2.64. The number of ether oxygens (including phenoxy) is 2. The van der Waals surface area contributed by atoms with Crippen molar-refractivity contribution in [2.75, 3.05) is 19.8 Å². The highest BCUT2D eigenvalue weighted by Crippen LogP contribution is 2.29. The summed E-state index contributed by atoms with van der Waals surface area (Å²) in [5, 5.41) is 10.9. The third-order valence-corrected chi connectivity index (χ3v) is 2.78. The van der Waals surface area contributed by atoms with E-state index in [0.717, 1.165) is 17.7 Å². The molecule has 0 aliphatic rings. The van der Waals surface area contributed by atoms with Crippen LogP contribution >= 0.6 is 0 Å². The molecule has 114 valence electrons. The van der Waals surface area contributed by atoms with Gasteiger partial charge in [0, 0.05) is 6.42 Å². The maximum atomic E-state index is 11.5. The molecule has 1 amide bonds. The number of rotatable bonds is 9. The van der Waals surface area contributed by atoms with Gasteiger partial charge < -0.3 is 14.8 Å². The van der Waals surface area contributed by atoms with Crippen molar-refractivity contribution < 1.29 is 14.3 Å². The van der Waals surface area contributed by atoms with E-state index in [-0.39, 0.29) is 12.5 Å². The molecule has 21 heavy (non-hydrogen) atoms. The fourth-order valence-corrected chi connectivity index (χ4v) is 1.79. The van der Waals surface area contributed by atoms with Crippen LogP contribution < -0.4 is 14.8 Å². The van der Waals surface area contributed by atoms with Crippen molar-refractivity contribution in [1.82, 2.24) is 5.32 Å². The monoisotopic (exact) mass is 290 g/mol. The van der Waals surface area contributed by atoms with Crippen LogP contribution in [0, 0.1) is 11.3 Å². The van der Waals surface area contributed by atoms with Crippen molar-refractivity contribution in [3.63, 3.8) is 0 Å². The molecule has 1 rings (SSSR count). The molecule has 1 aromatic rings. The lowest BCUT2D eigenvalue weighted by atomic mass is 10.1. The maximum Gasteiger partial charge on any atom is 0.221 e. The molecule has 0 saturated heterocycles. The summed E-state index contributed by atoms with van der Waals surface area (Å²) < 4.78 is 11.2. The van der Waals surface area contributed by atoms with Gasteiger partial charge in [0.15, 0.2) is 11.5 Å². The normalized spacial score (nSPS) is 9.76. The third-order valence-electron chi connectivity index (χ3n) is 2.78. The minimum Gasteiger partial charge on any atom is -0.490 e. The number of hydrogen-bond acceptors (Lipinski definition) is 4. The van der Waals surface area contributed by atoms with Gasteiger partial charge in [-0.25, -0.2) is 0 Å². The summed E-state index contributed by atoms with van der Waals surface area (Å²) in [6.45, 7) is 5.23. The summed E-state index contributed by atoms with van der Waals surface area (Å²) in [6.07, 6.45) is 1.89. The van der Waals surface area contributed by atoms with Crippen LogP contribution in [0.15, 0.2) is 18.2 Å². The highest BCUT2D eigenvalue weighted by Gasteiger charge is 2.08. The predicted octanol–water partition coefficient (Wildman–Crippen LogP) is 2.45. The summed E-state index contributed by atoms with van der Waals surface area (Å²) >= 11 is 0.